The zero-order valence-electron chi connectivity index (χ0n) is 31.1. The van der Waals surface area contributed by atoms with E-state index in [0.717, 1.165) is 55.1 Å². The summed E-state index contributed by atoms with van der Waals surface area (Å²) >= 11 is 0. The van der Waals surface area contributed by atoms with Crippen LogP contribution >= 0.6 is 0 Å². The fourth-order valence-corrected chi connectivity index (χ4v) is 7.46. The third-order valence-electron chi connectivity index (χ3n) is 10.3. The van der Waals surface area contributed by atoms with E-state index in [2.05, 4.69) is 25.5 Å². The predicted octanol–water partition coefficient (Wildman–Crippen LogP) is 4.80. The smallest absolute Gasteiger partial charge is 0.490 e. The fraction of sp³-hybridized carbons (Fsp3) is 0.300. The quantitative estimate of drug-likeness (QED) is 0.164. The number of nitrogens with zero attached hydrogens (tertiary/aromatic N) is 6. The number of fused-ring (bicyclic) bond motifs is 2. The first kappa shape index (κ1) is 40.7. The molecule has 4 N–H and O–H groups in total. The zero-order chi connectivity index (χ0) is 42.0. The Morgan fingerprint density at radius 1 is 0.915 bits per heavy atom. The van der Waals surface area contributed by atoms with Crippen LogP contribution in [0.15, 0.2) is 88.8 Å². The molecule has 0 bridgehead atoms. The van der Waals surface area contributed by atoms with Crippen LogP contribution in [0.5, 0.6) is 5.75 Å². The number of amides is 1. The predicted molar refractivity (Wildman–Crippen MR) is 204 cm³/mol. The minimum atomic E-state index is -5.08. The number of halogens is 5. The molecule has 1 aliphatic heterocycles. The van der Waals surface area contributed by atoms with Crippen LogP contribution in [-0.4, -0.2) is 88.9 Å². The second kappa shape index (κ2) is 16.8. The molecule has 1 aliphatic carbocycles. The van der Waals surface area contributed by atoms with Crippen LogP contribution in [0.1, 0.15) is 47.8 Å². The van der Waals surface area contributed by atoms with E-state index in [1.807, 2.05) is 24.3 Å². The zero-order valence-corrected chi connectivity index (χ0v) is 31.1. The molecule has 1 amide bonds. The van der Waals surface area contributed by atoms with Gasteiger partial charge in [0.2, 0.25) is 0 Å². The lowest BCUT2D eigenvalue weighted by Crippen LogP contribution is -2.45. The number of hydrogen-bond donors (Lipinski definition) is 4. The summed E-state index contributed by atoms with van der Waals surface area (Å²) in [6, 6.07) is 15.7. The van der Waals surface area contributed by atoms with E-state index in [1.165, 1.54) is 38.1 Å². The van der Waals surface area contributed by atoms with Gasteiger partial charge in [-0.05, 0) is 84.8 Å². The van der Waals surface area contributed by atoms with Gasteiger partial charge in [0.05, 0.1) is 17.3 Å². The number of rotatable bonds is 7. The maximum atomic E-state index is 14.6. The highest BCUT2D eigenvalue weighted by Gasteiger charge is 2.38. The van der Waals surface area contributed by atoms with Crippen LogP contribution < -0.4 is 21.9 Å². The number of pyridine rings is 2. The Labute approximate surface area is 331 Å². The number of phenolic OH excluding ortho intramolecular Hbond substituents is 1. The highest BCUT2D eigenvalue weighted by atomic mass is 19.4. The molecule has 4 aromatic heterocycles. The number of phenols is 1. The molecule has 14 nitrogen and oxygen atoms in total. The minimum absolute atomic E-state index is 0.0206. The largest absolute Gasteiger partial charge is 0.508 e. The van der Waals surface area contributed by atoms with E-state index in [4.69, 9.17) is 9.90 Å². The summed E-state index contributed by atoms with van der Waals surface area (Å²) in [4.78, 5) is 61.0. The summed E-state index contributed by atoms with van der Waals surface area (Å²) in [7, 11) is 0. The van der Waals surface area contributed by atoms with Crippen LogP contribution in [-0.2, 0) is 11.3 Å². The highest BCUT2D eigenvalue weighted by molar-refractivity contribution is 5.93. The van der Waals surface area contributed by atoms with Gasteiger partial charge < -0.3 is 25.2 Å². The molecule has 0 unspecified atom stereocenters. The molecule has 308 valence electrons. The number of aliphatic carboxylic acids is 1. The lowest BCUT2D eigenvalue weighted by atomic mass is 9.90. The summed E-state index contributed by atoms with van der Waals surface area (Å²) in [6.45, 7) is 4.14. The molecule has 59 heavy (non-hydrogen) atoms. The van der Waals surface area contributed by atoms with Crippen LogP contribution in [0.3, 0.4) is 0 Å². The van der Waals surface area contributed by atoms with Gasteiger partial charge in [-0.2, -0.15) is 13.2 Å². The number of benzene rings is 2. The lowest BCUT2D eigenvalue weighted by Gasteiger charge is -2.30. The van der Waals surface area contributed by atoms with Gasteiger partial charge >= 0.3 is 17.8 Å². The highest BCUT2D eigenvalue weighted by Crippen LogP contribution is 2.31. The number of piperazine rings is 1. The average molecular weight is 821 g/mol. The van der Waals surface area contributed by atoms with Gasteiger partial charge in [-0.15, -0.1) is 0 Å². The van der Waals surface area contributed by atoms with Gasteiger partial charge in [0.15, 0.2) is 5.65 Å². The van der Waals surface area contributed by atoms with Crippen molar-refractivity contribution in [2.45, 2.75) is 50.5 Å². The number of nitrogens with one attached hydrogen (secondary N) is 2. The van der Waals surface area contributed by atoms with E-state index in [9.17, 15) is 41.4 Å². The molecule has 0 atom stereocenters. The van der Waals surface area contributed by atoms with Gasteiger partial charge in [0, 0.05) is 57.2 Å². The van der Waals surface area contributed by atoms with Gasteiger partial charge in [0.1, 0.15) is 28.7 Å². The van der Waals surface area contributed by atoms with Gasteiger partial charge in [0.25, 0.3) is 11.5 Å². The third-order valence-corrected chi connectivity index (χ3v) is 10.3. The molecule has 1 saturated heterocycles. The van der Waals surface area contributed by atoms with Crippen molar-refractivity contribution >= 4 is 28.6 Å². The Morgan fingerprint density at radius 3 is 2.36 bits per heavy atom. The molecule has 8 rings (SSSR count). The van der Waals surface area contributed by atoms with Crippen molar-refractivity contribution in [1.29, 1.82) is 0 Å². The number of carbonyl (C=O) groups excluding carboxylic acids is 1. The topological polar surface area (TPSA) is 176 Å². The van der Waals surface area contributed by atoms with Crippen molar-refractivity contribution in [2.75, 3.05) is 26.2 Å². The first-order valence-corrected chi connectivity index (χ1v) is 18.6. The number of aromatic hydroxyl groups is 1. The molecule has 2 aliphatic rings. The second-order valence-electron chi connectivity index (χ2n) is 14.3. The molecule has 2 fully saturated rings. The minimum Gasteiger partial charge on any atom is -0.508 e. The Kier molecular flexibility index (Phi) is 11.6. The summed E-state index contributed by atoms with van der Waals surface area (Å²) in [5, 5.41) is 23.8. The summed E-state index contributed by atoms with van der Waals surface area (Å²) in [5.74, 6) is -4.14. The second-order valence-corrected chi connectivity index (χ2v) is 14.3. The normalized spacial score (nSPS) is 17.4. The fourth-order valence-electron chi connectivity index (χ4n) is 7.46. The van der Waals surface area contributed by atoms with Crippen molar-refractivity contribution in [3.05, 3.63) is 123 Å². The summed E-state index contributed by atoms with van der Waals surface area (Å²) < 4.78 is 64.0. The first-order valence-electron chi connectivity index (χ1n) is 18.6. The number of carboxylic acid groups (broad SMARTS) is 1. The number of imidazole rings is 1. The Morgan fingerprint density at radius 2 is 1.64 bits per heavy atom. The number of carbonyl (C=O) groups is 2. The Bertz CT molecular complexity index is 2660. The van der Waals surface area contributed by atoms with E-state index < -0.39 is 47.0 Å². The van der Waals surface area contributed by atoms with Crippen molar-refractivity contribution in [2.24, 2.45) is 0 Å². The van der Waals surface area contributed by atoms with E-state index in [-0.39, 0.29) is 28.5 Å². The van der Waals surface area contributed by atoms with Crippen LogP contribution in [0.4, 0.5) is 22.0 Å². The van der Waals surface area contributed by atoms with Gasteiger partial charge in [-0.25, -0.2) is 32.9 Å². The summed E-state index contributed by atoms with van der Waals surface area (Å²) in [6.07, 6.45) is 0.404. The Hall–Kier alpha value is -6.47. The molecule has 0 radical (unpaired) electrons. The Balaban J connectivity index is 0.000000694. The van der Waals surface area contributed by atoms with Crippen molar-refractivity contribution in [3.63, 3.8) is 0 Å². The van der Waals surface area contributed by atoms with E-state index >= 15 is 0 Å². The van der Waals surface area contributed by atoms with Crippen LogP contribution in [0.2, 0.25) is 0 Å². The molecule has 5 heterocycles. The molecule has 0 spiro atoms. The van der Waals surface area contributed by atoms with E-state index in [0.29, 0.717) is 43.6 Å². The molecule has 19 heteroatoms. The van der Waals surface area contributed by atoms with Crippen LogP contribution in [0.25, 0.3) is 33.5 Å². The van der Waals surface area contributed by atoms with Crippen LogP contribution in [0, 0.1) is 11.6 Å². The van der Waals surface area contributed by atoms with E-state index in [1.54, 1.807) is 18.2 Å². The molecule has 2 aromatic carbocycles. The van der Waals surface area contributed by atoms with Crippen molar-refractivity contribution in [1.82, 2.24) is 39.0 Å². The molecular weight excluding hydrogens is 783 g/mol. The lowest BCUT2D eigenvalue weighted by molar-refractivity contribution is -0.192. The SMILES string of the molecule is O=C(N[C@H]1CC[C@@H](n2c(=O)c3cc(F)cnc3n(-c3cccc(-c4ccc(O)cc4CN4CCNCC4)c3)c2=O)CC1)c1cn2cc(F)ccc2n1.O=C(O)C(F)(F)F. The number of hydrogen-bond acceptors (Lipinski definition) is 9. The molecular formula is C40H37F5N8O6. The first-order chi connectivity index (χ1) is 28.2. The molecule has 1 saturated carbocycles. The van der Waals surface area contributed by atoms with Gasteiger partial charge in [-0.3, -0.25) is 19.1 Å². The number of aromatic nitrogens is 5. The maximum Gasteiger partial charge on any atom is 0.490 e. The number of alkyl halides is 3. The summed E-state index contributed by atoms with van der Waals surface area (Å²) in [5.41, 5.74) is 2.50. The molecule has 6 aromatic rings. The van der Waals surface area contributed by atoms with Crippen molar-refractivity contribution in [3.8, 4) is 22.6 Å². The maximum absolute atomic E-state index is 14.6. The standard InChI is InChI=1S/C38H36F2N8O4.C2HF3O2/c39-25-4-11-34-44-33(22-46(34)21-25)36(50)43-27-5-7-28(8-6-27)48-37(51)32-18-26(40)19-42-35(32)47(38(48)52)29-3-1-2-23(16-29)31-10-9-30(49)17-24(31)20-45-14-12-41-13-15-45;3-2(4,5)1(6)7/h1-4,9-11,16-19,21-22,27-28,41,49H,5-8,12-15,20H2,(H,43,50);(H,6,7)/t27-,28+;. The third kappa shape index (κ3) is 9.00. The average Bonchev–Trinajstić information content (AvgIpc) is 3.63. The van der Waals surface area contributed by atoms with Crippen molar-refractivity contribution < 1.29 is 41.8 Å². The number of carboxylic acids is 1. The van der Waals surface area contributed by atoms with Gasteiger partial charge in [-0.1, -0.05) is 18.2 Å². The monoisotopic (exact) mass is 820 g/mol.